The highest BCUT2D eigenvalue weighted by Crippen LogP contribution is 2.28. The van der Waals surface area contributed by atoms with Crippen LogP contribution in [0.3, 0.4) is 0 Å². The van der Waals surface area contributed by atoms with E-state index in [4.69, 9.17) is 17.3 Å². The molecule has 1 unspecified atom stereocenters. The maximum atomic E-state index is 5.90. The van der Waals surface area contributed by atoms with Crippen molar-refractivity contribution in [2.75, 3.05) is 18.8 Å². The van der Waals surface area contributed by atoms with Crippen LogP contribution in [0.1, 0.15) is 24.3 Å². The lowest BCUT2D eigenvalue weighted by Crippen LogP contribution is -2.28. The van der Waals surface area contributed by atoms with Crippen LogP contribution in [0.5, 0.6) is 0 Å². The molecule has 0 radical (unpaired) electrons. The minimum absolute atomic E-state index is 0.468. The lowest BCUT2D eigenvalue weighted by molar-refractivity contribution is 0.462. The average molecular weight is 212 g/mol. The largest absolute Gasteiger partial charge is 0.383 e. The van der Waals surface area contributed by atoms with Gasteiger partial charge in [-0.2, -0.15) is 0 Å². The molecule has 0 amide bonds. The van der Waals surface area contributed by atoms with Crippen LogP contribution in [0, 0.1) is 0 Å². The number of nitrogen functional groups attached to an aromatic ring is 1. The minimum atomic E-state index is 0.468. The van der Waals surface area contributed by atoms with Gasteiger partial charge in [0, 0.05) is 24.2 Å². The van der Waals surface area contributed by atoms with E-state index in [-0.39, 0.29) is 0 Å². The maximum Gasteiger partial charge on any atom is 0.126 e. The summed E-state index contributed by atoms with van der Waals surface area (Å²) in [4.78, 5) is 4.07. The molecule has 2 rings (SSSR count). The number of nitrogens with one attached hydrogen (secondary N) is 1. The normalized spacial score (nSPS) is 22.2. The molecule has 1 atom stereocenters. The molecule has 1 fully saturated rings. The number of halogens is 1. The Morgan fingerprint density at radius 2 is 2.43 bits per heavy atom. The van der Waals surface area contributed by atoms with Gasteiger partial charge in [0.05, 0.1) is 5.02 Å². The third kappa shape index (κ3) is 1.99. The topological polar surface area (TPSA) is 50.9 Å². The summed E-state index contributed by atoms with van der Waals surface area (Å²) >= 11 is 5.90. The summed E-state index contributed by atoms with van der Waals surface area (Å²) in [6.07, 6.45) is 3.95. The van der Waals surface area contributed by atoms with E-state index in [1.54, 1.807) is 6.20 Å². The lowest BCUT2D eigenvalue weighted by atomic mass is 9.92. The third-order valence-electron chi connectivity index (χ3n) is 2.65. The van der Waals surface area contributed by atoms with Gasteiger partial charge in [-0.25, -0.2) is 4.98 Å². The second-order valence-electron chi connectivity index (χ2n) is 3.67. The predicted octanol–water partition coefficient (Wildman–Crippen LogP) is 1.78. The van der Waals surface area contributed by atoms with Crippen molar-refractivity contribution in [1.29, 1.82) is 0 Å². The zero-order valence-electron chi connectivity index (χ0n) is 7.96. The summed E-state index contributed by atoms with van der Waals surface area (Å²) in [6.45, 7) is 2.08. The molecule has 0 saturated carbocycles. The first kappa shape index (κ1) is 9.74. The van der Waals surface area contributed by atoms with E-state index in [1.165, 1.54) is 12.8 Å². The van der Waals surface area contributed by atoms with E-state index in [0.29, 0.717) is 16.8 Å². The van der Waals surface area contributed by atoms with Crippen LogP contribution in [0.2, 0.25) is 5.02 Å². The minimum Gasteiger partial charge on any atom is -0.383 e. The van der Waals surface area contributed by atoms with Crippen molar-refractivity contribution in [2.45, 2.75) is 18.8 Å². The molecule has 4 heteroatoms. The van der Waals surface area contributed by atoms with Crippen LogP contribution in [0.15, 0.2) is 12.3 Å². The number of rotatable bonds is 1. The van der Waals surface area contributed by atoms with Gasteiger partial charge in [-0.15, -0.1) is 0 Å². The standard InChI is InChI=1S/C10H14ClN3/c11-8-4-9(10(12)14-6-8)7-2-1-3-13-5-7/h4,6-7,13H,1-3,5H2,(H2,12,14). The summed E-state index contributed by atoms with van der Waals surface area (Å²) in [7, 11) is 0. The predicted molar refractivity (Wildman–Crippen MR) is 58.5 cm³/mol. The van der Waals surface area contributed by atoms with E-state index >= 15 is 0 Å². The summed E-state index contributed by atoms with van der Waals surface area (Å²) in [5, 5.41) is 4.02. The molecule has 1 aliphatic rings. The van der Waals surface area contributed by atoms with Crippen LogP contribution in [0.4, 0.5) is 5.82 Å². The van der Waals surface area contributed by atoms with Crippen LogP contribution >= 0.6 is 11.6 Å². The Labute approximate surface area is 88.7 Å². The highest BCUT2D eigenvalue weighted by molar-refractivity contribution is 6.30. The molecule has 3 N–H and O–H groups in total. The molecule has 3 nitrogen and oxygen atoms in total. The van der Waals surface area contributed by atoms with E-state index in [1.807, 2.05) is 6.07 Å². The first-order valence-corrected chi connectivity index (χ1v) is 5.27. The van der Waals surface area contributed by atoms with Gasteiger partial charge in [0.25, 0.3) is 0 Å². The second kappa shape index (κ2) is 4.15. The van der Waals surface area contributed by atoms with E-state index in [2.05, 4.69) is 10.3 Å². The number of anilines is 1. The second-order valence-corrected chi connectivity index (χ2v) is 4.11. The zero-order valence-corrected chi connectivity index (χ0v) is 8.72. The molecule has 1 aromatic heterocycles. The number of nitrogens with zero attached hydrogens (tertiary/aromatic N) is 1. The number of aromatic nitrogens is 1. The first-order valence-electron chi connectivity index (χ1n) is 4.89. The van der Waals surface area contributed by atoms with E-state index in [0.717, 1.165) is 18.7 Å². The number of pyridine rings is 1. The highest BCUT2D eigenvalue weighted by Gasteiger charge is 2.18. The summed E-state index contributed by atoms with van der Waals surface area (Å²) in [5.74, 6) is 1.08. The molecule has 2 heterocycles. The van der Waals surface area contributed by atoms with Gasteiger partial charge in [0.2, 0.25) is 0 Å². The van der Waals surface area contributed by atoms with Gasteiger partial charge < -0.3 is 11.1 Å². The SMILES string of the molecule is Nc1ncc(Cl)cc1C1CCCNC1. The Morgan fingerprint density at radius 3 is 3.14 bits per heavy atom. The fourth-order valence-electron chi connectivity index (χ4n) is 1.91. The van der Waals surface area contributed by atoms with E-state index < -0.39 is 0 Å². The monoisotopic (exact) mass is 211 g/mol. The van der Waals surface area contributed by atoms with Crippen LogP contribution < -0.4 is 11.1 Å². The molecule has 0 bridgehead atoms. The zero-order chi connectivity index (χ0) is 9.97. The highest BCUT2D eigenvalue weighted by atomic mass is 35.5. The molecule has 0 aliphatic carbocycles. The number of hydrogen-bond donors (Lipinski definition) is 2. The first-order chi connectivity index (χ1) is 6.77. The van der Waals surface area contributed by atoms with Gasteiger partial charge in [0.1, 0.15) is 5.82 Å². The number of piperidine rings is 1. The van der Waals surface area contributed by atoms with Gasteiger partial charge in [-0.3, -0.25) is 0 Å². The molecular formula is C10H14ClN3. The Balaban J connectivity index is 2.24. The van der Waals surface area contributed by atoms with Crippen LogP contribution in [-0.4, -0.2) is 18.1 Å². The number of hydrogen-bond acceptors (Lipinski definition) is 3. The Kier molecular flexibility index (Phi) is 2.89. The lowest BCUT2D eigenvalue weighted by Gasteiger charge is -2.23. The number of nitrogens with two attached hydrogens (primary N) is 1. The Bertz CT molecular complexity index is 321. The molecule has 0 spiro atoms. The van der Waals surface area contributed by atoms with Gasteiger partial charge in [0.15, 0.2) is 0 Å². The van der Waals surface area contributed by atoms with Crippen molar-refractivity contribution >= 4 is 17.4 Å². The summed E-state index contributed by atoms with van der Waals surface area (Å²) in [6, 6.07) is 1.93. The van der Waals surface area contributed by atoms with Gasteiger partial charge in [-0.05, 0) is 25.5 Å². The Hall–Kier alpha value is -0.800. The quantitative estimate of drug-likeness (QED) is 0.745. The maximum absolute atomic E-state index is 5.90. The fourth-order valence-corrected chi connectivity index (χ4v) is 2.08. The van der Waals surface area contributed by atoms with Crippen LogP contribution in [0.25, 0.3) is 0 Å². The van der Waals surface area contributed by atoms with Gasteiger partial charge in [-0.1, -0.05) is 11.6 Å². The Morgan fingerprint density at radius 1 is 1.57 bits per heavy atom. The van der Waals surface area contributed by atoms with Crippen molar-refractivity contribution in [3.05, 3.63) is 22.8 Å². The average Bonchev–Trinajstić information content (AvgIpc) is 2.23. The van der Waals surface area contributed by atoms with Crippen molar-refractivity contribution in [3.63, 3.8) is 0 Å². The van der Waals surface area contributed by atoms with Crippen LogP contribution in [-0.2, 0) is 0 Å². The molecule has 14 heavy (non-hydrogen) atoms. The van der Waals surface area contributed by atoms with Crippen molar-refractivity contribution < 1.29 is 0 Å². The van der Waals surface area contributed by atoms with Gasteiger partial charge >= 0.3 is 0 Å². The van der Waals surface area contributed by atoms with Crippen molar-refractivity contribution in [1.82, 2.24) is 10.3 Å². The third-order valence-corrected chi connectivity index (χ3v) is 2.86. The molecule has 1 aromatic rings. The van der Waals surface area contributed by atoms with E-state index in [9.17, 15) is 0 Å². The molecule has 76 valence electrons. The molecular weight excluding hydrogens is 198 g/mol. The molecule has 0 aromatic carbocycles. The smallest absolute Gasteiger partial charge is 0.126 e. The van der Waals surface area contributed by atoms with Crippen molar-refractivity contribution in [2.24, 2.45) is 0 Å². The molecule has 1 aliphatic heterocycles. The van der Waals surface area contributed by atoms with Crippen molar-refractivity contribution in [3.8, 4) is 0 Å². The summed E-state index contributed by atoms with van der Waals surface area (Å²) < 4.78 is 0. The summed E-state index contributed by atoms with van der Waals surface area (Å²) in [5.41, 5.74) is 6.91. The fraction of sp³-hybridized carbons (Fsp3) is 0.500. The molecule has 1 saturated heterocycles.